The molecule has 1 aromatic rings. The lowest BCUT2D eigenvalue weighted by Gasteiger charge is -2.06. The van der Waals surface area contributed by atoms with E-state index in [2.05, 4.69) is 37.8 Å². The monoisotopic (exact) mass is 202 g/mol. The number of allylic oxidation sites excluding steroid dienone is 2. The van der Waals surface area contributed by atoms with Gasteiger partial charge in [-0.25, -0.2) is 0 Å². The Morgan fingerprint density at radius 2 is 2.21 bits per heavy atom. The molecule has 0 aromatic heterocycles. The first kappa shape index (κ1) is 10.9. The Bertz CT molecular complexity index is 361. The van der Waals surface area contributed by atoms with Crippen LogP contribution in [0.5, 0.6) is 0 Å². The van der Waals surface area contributed by atoms with E-state index in [-0.39, 0.29) is 0 Å². The average Bonchev–Trinajstić information content (AvgIpc) is 2.18. The van der Waals surface area contributed by atoms with Crippen LogP contribution in [0, 0.1) is 6.92 Å². The van der Waals surface area contributed by atoms with Gasteiger partial charge in [-0.15, -0.1) is 0 Å². The zero-order valence-electron chi connectivity index (χ0n) is 8.36. The van der Waals surface area contributed by atoms with Crippen LogP contribution in [-0.4, -0.2) is 5.37 Å². The van der Waals surface area contributed by atoms with Crippen molar-refractivity contribution in [3.8, 4) is 0 Å². The van der Waals surface area contributed by atoms with Crippen molar-refractivity contribution in [3.63, 3.8) is 0 Å². The highest BCUT2D eigenvalue weighted by atomic mass is 32.1. The molecule has 0 saturated carbocycles. The van der Waals surface area contributed by atoms with Gasteiger partial charge in [0.25, 0.3) is 0 Å². The maximum atomic E-state index is 4.88. The molecule has 0 aliphatic rings. The van der Waals surface area contributed by atoms with E-state index in [0.29, 0.717) is 0 Å². The van der Waals surface area contributed by atoms with E-state index in [1.807, 2.05) is 6.08 Å². The van der Waals surface area contributed by atoms with E-state index in [9.17, 15) is 0 Å². The molecule has 0 heterocycles. The van der Waals surface area contributed by atoms with Crippen LogP contribution in [0.4, 0.5) is 0 Å². The van der Waals surface area contributed by atoms with Gasteiger partial charge in [-0.3, -0.25) is 0 Å². The SMILES string of the molecule is C=C/C=C\c1c(C)cccc1CC=S. The maximum Gasteiger partial charge on any atom is 0.00138 e. The third-order valence-electron chi connectivity index (χ3n) is 2.12. The molecule has 0 aliphatic heterocycles. The molecule has 0 aliphatic carbocycles. The van der Waals surface area contributed by atoms with Crippen LogP contribution < -0.4 is 0 Å². The molecule has 0 atom stereocenters. The van der Waals surface area contributed by atoms with Crippen molar-refractivity contribution in [1.82, 2.24) is 0 Å². The number of hydrogen-bond donors (Lipinski definition) is 0. The summed E-state index contributed by atoms with van der Waals surface area (Å²) in [4.78, 5) is 0. The number of hydrogen-bond acceptors (Lipinski definition) is 1. The van der Waals surface area contributed by atoms with Gasteiger partial charge in [0.15, 0.2) is 0 Å². The molecule has 1 rings (SSSR count). The van der Waals surface area contributed by atoms with Crippen LogP contribution in [0.3, 0.4) is 0 Å². The van der Waals surface area contributed by atoms with Crippen molar-refractivity contribution < 1.29 is 0 Å². The molecule has 0 N–H and O–H groups in total. The summed E-state index contributed by atoms with van der Waals surface area (Å²) in [5, 5.41) is 1.76. The molecule has 0 unspecified atom stereocenters. The van der Waals surface area contributed by atoms with E-state index >= 15 is 0 Å². The third-order valence-corrected chi connectivity index (χ3v) is 2.28. The smallest absolute Gasteiger partial charge is 0.00138 e. The van der Waals surface area contributed by atoms with Crippen LogP contribution in [0.25, 0.3) is 6.08 Å². The van der Waals surface area contributed by atoms with Crippen LogP contribution in [0.15, 0.2) is 36.9 Å². The van der Waals surface area contributed by atoms with Gasteiger partial charge in [-0.2, -0.15) is 0 Å². The number of aryl methyl sites for hydroxylation is 1. The Morgan fingerprint density at radius 1 is 1.43 bits per heavy atom. The van der Waals surface area contributed by atoms with Crippen LogP contribution >= 0.6 is 12.2 Å². The lowest BCUT2D eigenvalue weighted by atomic mass is 10.00. The van der Waals surface area contributed by atoms with E-state index < -0.39 is 0 Å². The number of benzene rings is 1. The molecule has 0 amide bonds. The van der Waals surface area contributed by atoms with Crippen LogP contribution in [-0.2, 0) is 6.42 Å². The fourth-order valence-corrected chi connectivity index (χ4v) is 1.59. The molecule has 14 heavy (non-hydrogen) atoms. The molecule has 0 radical (unpaired) electrons. The minimum Gasteiger partial charge on any atom is -0.0991 e. The van der Waals surface area contributed by atoms with Crippen molar-refractivity contribution in [1.29, 1.82) is 0 Å². The van der Waals surface area contributed by atoms with Crippen molar-refractivity contribution in [2.75, 3.05) is 0 Å². The zero-order valence-corrected chi connectivity index (χ0v) is 9.18. The highest BCUT2D eigenvalue weighted by Gasteiger charge is 1.99. The standard InChI is InChI=1S/C13H14S/c1-3-4-8-13-11(2)6-5-7-12(13)9-10-14/h3-8,10H,1,9H2,2H3/b8-4-. The largest absolute Gasteiger partial charge is 0.0991 e. The van der Waals surface area contributed by atoms with Crippen LogP contribution in [0.1, 0.15) is 16.7 Å². The quantitative estimate of drug-likeness (QED) is 0.529. The second-order valence-electron chi connectivity index (χ2n) is 3.11. The fourth-order valence-electron chi connectivity index (χ4n) is 1.41. The van der Waals surface area contributed by atoms with Crippen molar-refractivity contribution in [2.24, 2.45) is 0 Å². The summed E-state index contributed by atoms with van der Waals surface area (Å²) < 4.78 is 0. The van der Waals surface area contributed by atoms with Gasteiger partial charge in [-0.05, 0) is 29.0 Å². The molecule has 72 valence electrons. The summed E-state index contributed by atoms with van der Waals surface area (Å²) in [5.41, 5.74) is 3.81. The van der Waals surface area contributed by atoms with Gasteiger partial charge in [-0.1, -0.05) is 55.2 Å². The van der Waals surface area contributed by atoms with Gasteiger partial charge >= 0.3 is 0 Å². The molecule has 0 nitrogen and oxygen atoms in total. The minimum atomic E-state index is 0.841. The Morgan fingerprint density at radius 3 is 2.86 bits per heavy atom. The van der Waals surface area contributed by atoms with Crippen LogP contribution in [0.2, 0.25) is 0 Å². The van der Waals surface area contributed by atoms with E-state index in [0.717, 1.165) is 6.42 Å². The van der Waals surface area contributed by atoms with Gasteiger partial charge in [0.2, 0.25) is 0 Å². The highest BCUT2D eigenvalue weighted by Crippen LogP contribution is 2.16. The highest BCUT2D eigenvalue weighted by molar-refractivity contribution is 7.78. The third kappa shape index (κ3) is 2.64. The zero-order chi connectivity index (χ0) is 10.4. The number of rotatable bonds is 4. The summed E-state index contributed by atoms with van der Waals surface area (Å²) in [5.74, 6) is 0. The molecular formula is C13H14S. The molecular weight excluding hydrogens is 188 g/mol. The predicted molar refractivity (Wildman–Crippen MR) is 67.8 cm³/mol. The Labute approximate surface area is 91.0 Å². The van der Waals surface area contributed by atoms with Gasteiger partial charge < -0.3 is 0 Å². The summed E-state index contributed by atoms with van der Waals surface area (Å²) in [7, 11) is 0. The van der Waals surface area contributed by atoms with E-state index in [1.54, 1.807) is 11.4 Å². The predicted octanol–water partition coefficient (Wildman–Crippen LogP) is 3.74. The Balaban J connectivity index is 3.14. The molecule has 1 aromatic carbocycles. The molecule has 0 bridgehead atoms. The first-order valence-corrected chi connectivity index (χ1v) is 5.08. The maximum absolute atomic E-state index is 4.88. The average molecular weight is 202 g/mol. The van der Waals surface area contributed by atoms with E-state index in [1.165, 1.54) is 16.7 Å². The summed E-state index contributed by atoms with van der Waals surface area (Å²) in [6, 6.07) is 6.28. The summed E-state index contributed by atoms with van der Waals surface area (Å²) in [6.07, 6.45) is 6.66. The van der Waals surface area contributed by atoms with Crippen molar-refractivity contribution >= 4 is 23.7 Å². The van der Waals surface area contributed by atoms with Crippen molar-refractivity contribution in [2.45, 2.75) is 13.3 Å². The molecule has 1 heteroatoms. The van der Waals surface area contributed by atoms with Crippen molar-refractivity contribution in [3.05, 3.63) is 53.6 Å². The molecule has 0 fully saturated rings. The fraction of sp³-hybridized carbons (Fsp3) is 0.154. The molecule has 0 saturated heterocycles. The second-order valence-corrected chi connectivity index (χ2v) is 3.45. The minimum absolute atomic E-state index is 0.841. The summed E-state index contributed by atoms with van der Waals surface area (Å²) >= 11 is 4.88. The number of thiocarbonyl (C=S) groups is 1. The Hall–Kier alpha value is -1.21. The lowest BCUT2D eigenvalue weighted by Crippen LogP contribution is -1.92. The van der Waals surface area contributed by atoms with Gasteiger partial charge in [0, 0.05) is 6.42 Å². The van der Waals surface area contributed by atoms with Gasteiger partial charge in [0.1, 0.15) is 0 Å². The first-order chi connectivity index (χ1) is 6.79. The van der Waals surface area contributed by atoms with Gasteiger partial charge in [0.05, 0.1) is 0 Å². The second kappa shape index (κ2) is 5.51. The molecule has 0 spiro atoms. The lowest BCUT2D eigenvalue weighted by molar-refractivity contribution is 1.31. The normalized spacial score (nSPS) is 10.4. The van der Waals surface area contributed by atoms with E-state index in [4.69, 9.17) is 12.2 Å². The topological polar surface area (TPSA) is 0 Å². The first-order valence-electron chi connectivity index (χ1n) is 4.61. The summed E-state index contributed by atoms with van der Waals surface area (Å²) in [6.45, 7) is 5.77. The Kier molecular flexibility index (Phi) is 4.27.